The van der Waals surface area contributed by atoms with Crippen LogP contribution in [-0.4, -0.2) is 46.1 Å². The Morgan fingerprint density at radius 2 is 2.19 bits per heavy atom. The number of benzene rings is 1. The normalized spacial score (nSPS) is 16.7. The highest BCUT2D eigenvalue weighted by Crippen LogP contribution is 2.35. The largest absolute Gasteiger partial charge is 0.376 e. The molecule has 1 aliphatic heterocycles. The summed E-state index contributed by atoms with van der Waals surface area (Å²) in [5.74, 6) is 0.266. The van der Waals surface area contributed by atoms with E-state index in [1.807, 2.05) is 37.3 Å². The highest BCUT2D eigenvalue weighted by atomic mass is 32.2. The summed E-state index contributed by atoms with van der Waals surface area (Å²) in [6.07, 6.45) is 2.23. The van der Waals surface area contributed by atoms with Gasteiger partial charge in [0.05, 0.1) is 21.6 Å². The summed E-state index contributed by atoms with van der Waals surface area (Å²) < 4.78 is 6.54. The molecular weight excluding hydrogens is 380 g/mol. The number of nitrogens with zero attached hydrogens (tertiary/aromatic N) is 3. The predicted molar refractivity (Wildman–Crippen MR) is 108 cm³/mol. The van der Waals surface area contributed by atoms with Crippen molar-refractivity contribution >= 4 is 39.2 Å². The number of nitrogens with one attached hydrogen (secondary N) is 1. The number of thioether (sulfide) groups is 1. The van der Waals surface area contributed by atoms with Crippen molar-refractivity contribution in [2.75, 3.05) is 18.9 Å². The number of ether oxygens (including phenoxy) is 1. The fourth-order valence-electron chi connectivity index (χ4n) is 3.02. The highest BCUT2D eigenvalue weighted by Gasteiger charge is 2.18. The first-order chi connectivity index (χ1) is 13.2. The molecule has 3 aromatic rings. The second kappa shape index (κ2) is 8.33. The third-order valence-corrected chi connectivity index (χ3v) is 6.26. The van der Waals surface area contributed by atoms with E-state index in [-0.39, 0.29) is 17.8 Å². The Bertz CT molecular complexity index is 940. The molecule has 0 spiro atoms. The van der Waals surface area contributed by atoms with Crippen LogP contribution in [0.2, 0.25) is 0 Å². The Morgan fingerprint density at radius 3 is 2.96 bits per heavy atom. The quantitative estimate of drug-likeness (QED) is 0.639. The molecule has 8 heteroatoms. The van der Waals surface area contributed by atoms with Gasteiger partial charge in [0, 0.05) is 18.7 Å². The fourth-order valence-corrected chi connectivity index (χ4v) is 4.76. The summed E-state index contributed by atoms with van der Waals surface area (Å²) >= 11 is 2.98. The van der Waals surface area contributed by atoms with Crippen LogP contribution in [0.5, 0.6) is 0 Å². The molecule has 27 heavy (non-hydrogen) atoms. The number of rotatable bonds is 6. The van der Waals surface area contributed by atoms with Gasteiger partial charge in [-0.1, -0.05) is 42.1 Å². The van der Waals surface area contributed by atoms with E-state index in [1.165, 1.54) is 11.8 Å². The molecular formula is C19H20N4O2S2. The molecule has 0 saturated carbocycles. The minimum atomic E-state index is -0.0236. The first kappa shape index (κ1) is 18.3. The van der Waals surface area contributed by atoms with Crippen LogP contribution < -0.4 is 5.32 Å². The third kappa shape index (κ3) is 4.28. The Hall–Kier alpha value is -2.03. The molecule has 0 unspecified atom stereocenters. The zero-order valence-electron chi connectivity index (χ0n) is 15.0. The zero-order valence-corrected chi connectivity index (χ0v) is 16.6. The number of aryl methyl sites for hydroxylation is 1. The maximum atomic E-state index is 12.1. The minimum Gasteiger partial charge on any atom is -0.376 e. The van der Waals surface area contributed by atoms with Crippen LogP contribution in [0.15, 0.2) is 35.4 Å². The van der Waals surface area contributed by atoms with Gasteiger partial charge in [0.1, 0.15) is 16.2 Å². The van der Waals surface area contributed by atoms with Gasteiger partial charge in [0.2, 0.25) is 5.91 Å². The second-order valence-corrected chi connectivity index (χ2v) is 8.53. The van der Waals surface area contributed by atoms with E-state index in [0.717, 1.165) is 45.9 Å². The molecule has 1 aromatic carbocycles. The van der Waals surface area contributed by atoms with Crippen molar-refractivity contribution in [2.24, 2.45) is 0 Å². The number of fused-ring (bicyclic) bond motifs is 1. The van der Waals surface area contributed by atoms with Crippen molar-refractivity contribution in [3.63, 3.8) is 0 Å². The summed E-state index contributed by atoms with van der Waals surface area (Å²) in [4.78, 5) is 16.8. The summed E-state index contributed by atoms with van der Waals surface area (Å²) in [6, 6.07) is 9.98. The Balaban J connectivity index is 1.48. The number of carbonyl (C=O) groups excluding carboxylic acids is 1. The number of amides is 1. The van der Waals surface area contributed by atoms with E-state index in [1.54, 1.807) is 11.3 Å². The van der Waals surface area contributed by atoms with Crippen molar-refractivity contribution in [3.8, 4) is 11.3 Å². The topological polar surface area (TPSA) is 77.0 Å². The molecule has 0 aliphatic carbocycles. The summed E-state index contributed by atoms with van der Waals surface area (Å²) in [5, 5.41) is 13.4. The average molecular weight is 401 g/mol. The number of carbonyl (C=O) groups is 1. The lowest BCUT2D eigenvalue weighted by Crippen LogP contribution is -2.32. The zero-order chi connectivity index (χ0) is 18.6. The lowest BCUT2D eigenvalue weighted by Gasteiger charge is -2.10. The van der Waals surface area contributed by atoms with Crippen LogP contribution in [0.3, 0.4) is 0 Å². The van der Waals surface area contributed by atoms with Gasteiger partial charge in [-0.3, -0.25) is 4.79 Å². The van der Waals surface area contributed by atoms with Crippen molar-refractivity contribution in [2.45, 2.75) is 30.9 Å². The van der Waals surface area contributed by atoms with Crippen LogP contribution in [0.4, 0.5) is 0 Å². The average Bonchev–Trinajstić information content (AvgIpc) is 3.34. The van der Waals surface area contributed by atoms with Crippen molar-refractivity contribution in [3.05, 3.63) is 35.3 Å². The highest BCUT2D eigenvalue weighted by molar-refractivity contribution is 8.00. The van der Waals surface area contributed by atoms with E-state index in [4.69, 9.17) is 4.74 Å². The van der Waals surface area contributed by atoms with Gasteiger partial charge < -0.3 is 10.1 Å². The first-order valence-corrected chi connectivity index (χ1v) is 10.7. The first-order valence-electron chi connectivity index (χ1n) is 8.91. The van der Waals surface area contributed by atoms with Crippen LogP contribution in [0.1, 0.15) is 17.8 Å². The molecule has 1 atom stereocenters. The summed E-state index contributed by atoms with van der Waals surface area (Å²) in [6.45, 7) is 3.34. The van der Waals surface area contributed by atoms with Gasteiger partial charge in [0.25, 0.3) is 0 Å². The van der Waals surface area contributed by atoms with E-state index >= 15 is 0 Å². The Labute approximate surface area is 165 Å². The van der Waals surface area contributed by atoms with Gasteiger partial charge in [-0.15, -0.1) is 21.5 Å². The molecule has 0 radical (unpaired) electrons. The monoisotopic (exact) mass is 400 g/mol. The van der Waals surface area contributed by atoms with Crippen LogP contribution in [0, 0.1) is 6.92 Å². The maximum Gasteiger partial charge on any atom is 0.230 e. The van der Waals surface area contributed by atoms with E-state index < -0.39 is 0 Å². The number of hydrogen-bond donors (Lipinski definition) is 1. The molecule has 1 N–H and O–H groups in total. The lowest BCUT2D eigenvalue weighted by molar-refractivity contribution is -0.119. The minimum absolute atomic E-state index is 0.0236. The van der Waals surface area contributed by atoms with E-state index in [0.29, 0.717) is 11.6 Å². The second-order valence-electron chi connectivity index (χ2n) is 6.36. The SMILES string of the molecule is Cc1nc2c(SCC(=O)NC[C@@H]3CCCO3)nnc(-c3ccccc3)c2s1. The summed E-state index contributed by atoms with van der Waals surface area (Å²) in [7, 11) is 0. The van der Waals surface area contributed by atoms with E-state index in [9.17, 15) is 4.79 Å². The number of aromatic nitrogens is 3. The smallest absolute Gasteiger partial charge is 0.230 e. The molecule has 140 valence electrons. The van der Waals surface area contributed by atoms with Crippen LogP contribution in [-0.2, 0) is 9.53 Å². The molecule has 0 bridgehead atoms. The molecule has 1 amide bonds. The lowest BCUT2D eigenvalue weighted by atomic mass is 10.1. The van der Waals surface area contributed by atoms with Gasteiger partial charge in [0.15, 0.2) is 0 Å². The Kier molecular flexibility index (Phi) is 5.66. The molecule has 4 rings (SSSR count). The molecule has 1 aliphatic rings. The molecule has 2 aromatic heterocycles. The van der Waals surface area contributed by atoms with Crippen LogP contribution in [0.25, 0.3) is 21.5 Å². The number of thiazole rings is 1. The van der Waals surface area contributed by atoms with Gasteiger partial charge in [-0.05, 0) is 19.8 Å². The van der Waals surface area contributed by atoms with Gasteiger partial charge in [-0.2, -0.15) is 0 Å². The van der Waals surface area contributed by atoms with E-state index in [2.05, 4.69) is 20.5 Å². The van der Waals surface area contributed by atoms with Gasteiger partial charge in [-0.25, -0.2) is 4.98 Å². The van der Waals surface area contributed by atoms with Crippen molar-refractivity contribution in [1.29, 1.82) is 0 Å². The van der Waals surface area contributed by atoms with Crippen molar-refractivity contribution < 1.29 is 9.53 Å². The van der Waals surface area contributed by atoms with Crippen LogP contribution >= 0.6 is 23.1 Å². The number of hydrogen-bond acceptors (Lipinski definition) is 7. The molecule has 1 saturated heterocycles. The standard InChI is InChI=1S/C19H20N4O2S2/c1-12-21-17-18(27-12)16(13-6-3-2-4-7-13)22-23-19(17)26-11-15(24)20-10-14-8-5-9-25-14/h2-4,6-7,14H,5,8-11H2,1H3,(H,20,24)/t14-/m0/s1. The summed E-state index contributed by atoms with van der Waals surface area (Å²) in [5.41, 5.74) is 2.68. The molecule has 3 heterocycles. The molecule has 1 fully saturated rings. The maximum absolute atomic E-state index is 12.1. The van der Waals surface area contributed by atoms with Gasteiger partial charge >= 0.3 is 0 Å². The Morgan fingerprint density at radius 1 is 1.33 bits per heavy atom. The third-order valence-electron chi connectivity index (χ3n) is 4.33. The van der Waals surface area contributed by atoms with Crippen molar-refractivity contribution in [1.82, 2.24) is 20.5 Å². The fraction of sp³-hybridized carbons (Fsp3) is 0.368. The molecule has 6 nitrogen and oxygen atoms in total. The predicted octanol–water partition coefficient (Wildman–Crippen LogP) is 3.45.